The molecule has 0 aliphatic heterocycles. The number of anilines is 1. The van der Waals surface area contributed by atoms with E-state index >= 15 is 0 Å². The van der Waals surface area contributed by atoms with Gasteiger partial charge in [-0.25, -0.2) is 17.2 Å². The lowest BCUT2D eigenvalue weighted by Gasteiger charge is -2.11. The monoisotopic (exact) mass is 315 g/mol. The first-order valence-electron chi connectivity index (χ1n) is 5.55. The highest BCUT2D eigenvalue weighted by molar-refractivity contribution is 7.99. The van der Waals surface area contributed by atoms with Gasteiger partial charge in [0.1, 0.15) is 16.5 Å². The van der Waals surface area contributed by atoms with Gasteiger partial charge in [0, 0.05) is 11.0 Å². The van der Waals surface area contributed by atoms with Gasteiger partial charge >= 0.3 is 0 Å². The second-order valence-electron chi connectivity index (χ2n) is 3.88. The zero-order chi connectivity index (χ0) is 14.8. The predicted molar refractivity (Wildman–Crippen MR) is 75.4 cm³/mol. The van der Waals surface area contributed by atoms with Crippen LogP contribution < -0.4 is 4.72 Å². The van der Waals surface area contributed by atoms with Crippen LogP contribution in [0.3, 0.4) is 0 Å². The molecular formula is C13H11F2NO2S2. The van der Waals surface area contributed by atoms with Crippen molar-refractivity contribution in [2.24, 2.45) is 0 Å². The normalized spacial score (nSPS) is 11.3. The highest BCUT2D eigenvalue weighted by Gasteiger charge is 2.20. The SMILES string of the molecule is CSc1ccccc1NS(=O)(=O)c1ccc(F)cc1F. The molecule has 7 heteroatoms. The molecule has 0 amide bonds. The molecule has 0 radical (unpaired) electrons. The van der Waals surface area contributed by atoms with Gasteiger partial charge in [-0.2, -0.15) is 0 Å². The smallest absolute Gasteiger partial charge is 0.264 e. The average molecular weight is 315 g/mol. The van der Waals surface area contributed by atoms with Crippen LogP contribution in [0.15, 0.2) is 52.3 Å². The van der Waals surface area contributed by atoms with E-state index in [1.54, 1.807) is 30.5 Å². The predicted octanol–water partition coefficient (Wildman–Crippen LogP) is 3.49. The Labute approximate surface area is 120 Å². The van der Waals surface area contributed by atoms with E-state index in [1.165, 1.54) is 11.8 Å². The zero-order valence-electron chi connectivity index (χ0n) is 10.4. The summed E-state index contributed by atoms with van der Waals surface area (Å²) < 4.78 is 52.9. The Morgan fingerprint density at radius 1 is 1.10 bits per heavy atom. The summed E-state index contributed by atoms with van der Waals surface area (Å²) in [7, 11) is -4.10. The van der Waals surface area contributed by atoms with Crippen molar-refractivity contribution in [3.05, 3.63) is 54.1 Å². The molecule has 0 aliphatic carbocycles. The summed E-state index contributed by atoms with van der Waals surface area (Å²) in [6.07, 6.45) is 1.80. The lowest BCUT2D eigenvalue weighted by atomic mass is 10.3. The van der Waals surface area contributed by atoms with E-state index in [0.29, 0.717) is 16.6 Å². The van der Waals surface area contributed by atoms with Crippen LogP contribution in [0.4, 0.5) is 14.5 Å². The molecule has 1 N–H and O–H groups in total. The molecule has 3 nitrogen and oxygen atoms in total. The molecule has 106 valence electrons. The Kier molecular flexibility index (Phi) is 4.29. The van der Waals surface area contributed by atoms with Crippen molar-refractivity contribution in [2.75, 3.05) is 11.0 Å². The first-order chi connectivity index (χ1) is 9.44. The van der Waals surface area contributed by atoms with Gasteiger partial charge in [0.05, 0.1) is 5.69 Å². The molecule has 0 spiro atoms. The van der Waals surface area contributed by atoms with Crippen molar-refractivity contribution < 1.29 is 17.2 Å². The minimum absolute atomic E-state index is 0.351. The van der Waals surface area contributed by atoms with E-state index in [0.717, 1.165) is 12.1 Å². The van der Waals surface area contributed by atoms with E-state index in [2.05, 4.69) is 4.72 Å². The van der Waals surface area contributed by atoms with E-state index in [-0.39, 0.29) is 0 Å². The van der Waals surface area contributed by atoms with Gasteiger partial charge in [-0.3, -0.25) is 4.72 Å². The van der Waals surface area contributed by atoms with Crippen LogP contribution in [0.2, 0.25) is 0 Å². The molecule has 2 rings (SSSR count). The van der Waals surface area contributed by atoms with Gasteiger partial charge in [0.15, 0.2) is 0 Å². The standard InChI is InChI=1S/C13H11F2NO2S2/c1-19-12-5-3-2-4-11(12)16-20(17,18)13-7-6-9(14)8-10(13)15/h2-8,16H,1H3. The Hall–Kier alpha value is -1.60. The highest BCUT2D eigenvalue weighted by Crippen LogP contribution is 2.27. The number of rotatable bonds is 4. The van der Waals surface area contributed by atoms with Crippen molar-refractivity contribution >= 4 is 27.5 Å². The third kappa shape index (κ3) is 3.10. The summed E-state index contributed by atoms with van der Waals surface area (Å²) in [5, 5.41) is 0. The molecule has 20 heavy (non-hydrogen) atoms. The molecule has 0 unspecified atom stereocenters. The molecule has 0 aromatic heterocycles. The van der Waals surface area contributed by atoms with Gasteiger partial charge in [-0.15, -0.1) is 11.8 Å². The minimum atomic E-state index is -4.10. The van der Waals surface area contributed by atoms with E-state index in [4.69, 9.17) is 0 Å². The largest absolute Gasteiger partial charge is 0.278 e. The molecule has 2 aromatic rings. The summed E-state index contributed by atoms with van der Waals surface area (Å²) in [5.74, 6) is -1.95. The van der Waals surface area contributed by atoms with Crippen LogP contribution in [-0.2, 0) is 10.0 Å². The molecule has 0 aliphatic rings. The van der Waals surface area contributed by atoms with E-state index in [9.17, 15) is 17.2 Å². The van der Waals surface area contributed by atoms with Crippen molar-refractivity contribution in [2.45, 2.75) is 9.79 Å². The molecular weight excluding hydrogens is 304 g/mol. The second-order valence-corrected chi connectivity index (χ2v) is 6.38. The molecule has 0 heterocycles. The van der Waals surface area contributed by atoms with Crippen molar-refractivity contribution in [3.8, 4) is 0 Å². The van der Waals surface area contributed by atoms with Crippen LogP contribution in [-0.4, -0.2) is 14.7 Å². The average Bonchev–Trinajstić information content (AvgIpc) is 2.38. The Balaban J connectivity index is 2.41. The van der Waals surface area contributed by atoms with Crippen molar-refractivity contribution in [1.82, 2.24) is 0 Å². The summed E-state index contributed by atoms with van der Waals surface area (Å²) >= 11 is 1.36. The summed E-state index contributed by atoms with van der Waals surface area (Å²) in [6, 6.07) is 9.08. The van der Waals surface area contributed by atoms with Crippen LogP contribution in [0.5, 0.6) is 0 Å². The lowest BCUT2D eigenvalue weighted by molar-refractivity contribution is 0.551. The van der Waals surface area contributed by atoms with E-state index < -0.39 is 26.6 Å². The van der Waals surface area contributed by atoms with Crippen LogP contribution in [0.25, 0.3) is 0 Å². The molecule has 0 bridgehead atoms. The molecule has 0 saturated carbocycles. The second kappa shape index (κ2) is 5.80. The lowest BCUT2D eigenvalue weighted by Crippen LogP contribution is -2.15. The molecule has 0 atom stereocenters. The first-order valence-corrected chi connectivity index (χ1v) is 8.26. The number of sulfonamides is 1. The number of para-hydroxylation sites is 1. The quantitative estimate of drug-likeness (QED) is 0.879. The fourth-order valence-electron chi connectivity index (χ4n) is 1.62. The minimum Gasteiger partial charge on any atom is -0.278 e. The molecule has 0 saturated heterocycles. The first kappa shape index (κ1) is 14.8. The highest BCUT2D eigenvalue weighted by atomic mass is 32.2. The van der Waals surface area contributed by atoms with Crippen molar-refractivity contribution in [3.63, 3.8) is 0 Å². The zero-order valence-corrected chi connectivity index (χ0v) is 12.1. The van der Waals surface area contributed by atoms with Gasteiger partial charge in [-0.1, -0.05) is 12.1 Å². The van der Waals surface area contributed by atoms with Crippen LogP contribution >= 0.6 is 11.8 Å². The summed E-state index contributed by atoms with van der Waals surface area (Å²) in [4.78, 5) is 0.119. The number of hydrogen-bond donors (Lipinski definition) is 1. The number of hydrogen-bond acceptors (Lipinski definition) is 3. The fourth-order valence-corrected chi connectivity index (χ4v) is 3.38. The number of halogens is 2. The topological polar surface area (TPSA) is 46.2 Å². The Morgan fingerprint density at radius 2 is 1.80 bits per heavy atom. The molecule has 2 aromatic carbocycles. The summed E-state index contributed by atoms with van der Waals surface area (Å²) in [5.41, 5.74) is 0.351. The maximum atomic E-state index is 13.6. The Bertz CT molecular complexity index is 733. The maximum absolute atomic E-state index is 13.6. The van der Waals surface area contributed by atoms with E-state index in [1.807, 2.05) is 0 Å². The van der Waals surface area contributed by atoms with Crippen LogP contribution in [0.1, 0.15) is 0 Å². The fraction of sp³-hybridized carbons (Fsp3) is 0.0769. The third-order valence-electron chi connectivity index (χ3n) is 2.53. The van der Waals surface area contributed by atoms with Gasteiger partial charge in [0.25, 0.3) is 10.0 Å². The number of benzene rings is 2. The van der Waals surface area contributed by atoms with Gasteiger partial charge < -0.3 is 0 Å². The van der Waals surface area contributed by atoms with Crippen LogP contribution in [0, 0.1) is 11.6 Å². The molecule has 0 fully saturated rings. The van der Waals surface area contributed by atoms with Crippen molar-refractivity contribution in [1.29, 1.82) is 0 Å². The number of thioether (sulfide) groups is 1. The van der Waals surface area contributed by atoms with Gasteiger partial charge in [-0.05, 0) is 30.5 Å². The number of nitrogens with one attached hydrogen (secondary N) is 1. The summed E-state index contributed by atoms with van der Waals surface area (Å²) in [6.45, 7) is 0. The Morgan fingerprint density at radius 3 is 2.45 bits per heavy atom. The maximum Gasteiger partial charge on any atom is 0.264 e. The van der Waals surface area contributed by atoms with Gasteiger partial charge in [0.2, 0.25) is 0 Å². The third-order valence-corrected chi connectivity index (χ3v) is 4.73.